The van der Waals surface area contributed by atoms with Crippen LogP contribution >= 0.6 is 23.2 Å². The molecule has 39 heavy (non-hydrogen) atoms. The summed E-state index contributed by atoms with van der Waals surface area (Å²) in [4.78, 5) is 27.3. The number of esters is 1. The van der Waals surface area contributed by atoms with E-state index in [1.807, 2.05) is 6.08 Å². The molecule has 0 radical (unpaired) electrons. The number of carbonyl (C=O) groups is 2. The quantitative estimate of drug-likeness (QED) is 0.212. The summed E-state index contributed by atoms with van der Waals surface area (Å²) >= 11 is 11.9. The largest absolute Gasteiger partial charge is 0.462 e. The lowest BCUT2D eigenvalue weighted by Gasteiger charge is -2.57. The summed E-state index contributed by atoms with van der Waals surface area (Å²) in [5.41, 5.74) is 4.07. The fraction of sp³-hybridized carbons (Fsp3) is 0.697. The Hall–Kier alpha value is -1.52. The average molecular weight is 575 g/mol. The van der Waals surface area contributed by atoms with Crippen LogP contribution in [-0.4, -0.2) is 42.7 Å². The van der Waals surface area contributed by atoms with Crippen LogP contribution in [0.2, 0.25) is 0 Å². The van der Waals surface area contributed by atoms with Crippen LogP contribution in [0.25, 0.3) is 0 Å². The number of ketones is 1. The first-order valence-corrected chi connectivity index (χ1v) is 16.2. The lowest BCUT2D eigenvalue weighted by Crippen LogP contribution is -2.51. The number of rotatable bonds is 10. The highest BCUT2D eigenvalue weighted by atomic mass is 35.5. The van der Waals surface area contributed by atoms with Gasteiger partial charge < -0.3 is 9.64 Å². The number of hydrogen-bond donors (Lipinski definition) is 0. The van der Waals surface area contributed by atoms with Crippen LogP contribution in [-0.2, 0) is 20.7 Å². The van der Waals surface area contributed by atoms with E-state index < -0.39 is 0 Å². The van der Waals surface area contributed by atoms with E-state index in [0.29, 0.717) is 48.1 Å². The standard InChI is InChI=1S/C33H45Cl2NO3/c1-32-16-14-26(37)22-24(32)8-11-27-28-12-13-30(33(28,2)17-15-29(27)32)39-31(38)5-3-4-23-6-9-25(10-7-23)36(20-18-34)21-19-35/h6-7,9-10,22,27-30H,3-5,8,11-21H2,1-2H3/t27-,28-,29-,30?,32-,33-/m0/s1. The molecular formula is C33H45Cl2NO3. The zero-order valence-electron chi connectivity index (χ0n) is 23.7. The molecule has 0 aromatic heterocycles. The fourth-order valence-corrected chi connectivity index (χ4v) is 9.21. The van der Waals surface area contributed by atoms with Crippen LogP contribution in [0.3, 0.4) is 0 Å². The highest BCUT2D eigenvalue weighted by Gasteiger charge is 2.59. The van der Waals surface area contributed by atoms with Crippen LogP contribution in [0.1, 0.15) is 83.6 Å². The fourth-order valence-electron chi connectivity index (χ4n) is 8.81. The molecule has 5 rings (SSSR count). The number of fused-ring (bicyclic) bond motifs is 5. The molecule has 0 saturated heterocycles. The molecule has 0 aliphatic heterocycles. The normalized spacial score (nSPS) is 33.5. The summed E-state index contributed by atoms with van der Waals surface area (Å²) in [6.07, 6.45) is 12.6. The van der Waals surface area contributed by atoms with Crippen molar-refractivity contribution in [2.45, 2.75) is 90.6 Å². The van der Waals surface area contributed by atoms with Gasteiger partial charge in [0.25, 0.3) is 0 Å². The number of alkyl halides is 2. The van der Waals surface area contributed by atoms with E-state index in [4.69, 9.17) is 27.9 Å². The number of allylic oxidation sites excluding steroid dienone is 1. The van der Waals surface area contributed by atoms with Gasteiger partial charge in [-0.05, 0) is 105 Å². The summed E-state index contributed by atoms with van der Waals surface area (Å²) < 4.78 is 6.23. The average Bonchev–Trinajstić information content (AvgIpc) is 3.25. The van der Waals surface area contributed by atoms with E-state index in [2.05, 4.69) is 43.0 Å². The predicted molar refractivity (Wildman–Crippen MR) is 160 cm³/mol. The molecule has 6 heteroatoms. The molecule has 1 unspecified atom stereocenters. The summed E-state index contributed by atoms with van der Waals surface area (Å²) in [5, 5.41) is 0. The van der Waals surface area contributed by atoms with Crippen molar-refractivity contribution in [1.82, 2.24) is 0 Å². The van der Waals surface area contributed by atoms with E-state index in [-0.39, 0.29) is 22.9 Å². The van der Waals surface area contributed by atoms with Crippen molar-refractivity contribution in [2.75, 3.05) is 29.7 Å². The highest BCUT2D eigenvalue weighted by Crippen LogP contribution is 2.65. The Morgan fingerprint density at radius 2 is 1.72 bits per heavy atom. The zero-order valence-corrected chi connectivity index (χ0v) is 25.2. The van der Waals surface area contributed by atoms with Gasteiger partial charge in [-0.1, -0.05) is 31.6 Å². The highest BCUT2D eigenvalue weighted by molar-refractivity contribution is 6.18. The summed E-state index contributed by atoms with van der Waals surface area (Å²) in [5.74, 6) is 3.41. The number of benzene rings is 1. The van der Waals surface area contributed by atoms with Crippen molar-refractivity contribution in [3.8, 4) is 0 Å². The van der Waals surface area contributed by atoms with Crippen LogP contribution in [0.15, 0.2) is 35.9 Å². The van der Waals surface area contributed by atoms with Crippen LogP contribution in [0, 0.1) is 28.6 Å². The first-order chi connectivity index (χ1) is 18.8. The zero-order chi connectivity index (χ0) is 27.6. The Bertz CT molecular complexity index is 1070. The van der Waals surface area contributed by atoms with Crippen LogP contribution in [0.4, 0.5) is 5.69 Å². The third-order valence-corrected chi connectivity index (χ3v) is 11.3. The molecule has 3 saturated carbocycles. The van der Waals surface area contributed by atoms with Crippen molar-refractivity contribution in [2.24, 2.45) is 28.6 Å². The molecule has 0 spiro atoms. The second-order valence-corrected chi connectivity index (χ2v) is 13.7. The number of carbonyl (C=O) groups excluding carboxylic acids is 2. The Morgan fingerprint density at radius 1 is 0.974 bits per heavy atom. The molecule has 4 aliphatic rings. The van der Waals surface area contributed by atoms with Crippen molar-refractivity contribution >= 4 is 40.6 Å². The number of nitrogens with zero attached hydrogens (tertiary/aromatic N) is 1. The van der Waals surface area contributed by atoms with Crippen molar-refractivity contribution in [3.63, 3.8) is 0 Å². The van der Waals surface area contributed by atoms with Crippen LogP contribution in [0.5, 0.6) is 0 Å². The second-order valence-electron chi connectivity index (χ2n) is 13.0. The third kappa shape index (κ3) is 5.80. The van der Waals surface area contributed by atoms with Gasteiger partial charge in [0, 0.05) is 48.8 Å². The Labute approximate surface area is 244 Å². The summed E-state index contributed by atoms with van der Waals surface area (Å²) in [6.45, 7) is 6.39. The van der Waals surface area contributed by atoms with E-state index in [0.717, 1.165) is 57.3 Å². The van der Waals surface area contributed by atoms with Gasteiger partial charge in [-0.25, -0.2) is 0 Å². The first-order valence-electron chi connectivity index (χ1n) is 15.2. The Morgan fingerprint density at radius 3 is 2.44 bits per heavy atom. The van der Waals surface area contributed by atoms with Gasteiger partial charge in [-0.15, -0.1) is 23.2 Å². The van der Waals surface area contributed by atoms with E-state index >= 15 is 0 Å². The monoisotopic (exact) mass is 573 g/mol. The van der Waals surface area contributed by atoms with Gasteiger partial charge in [-0.2, -0.15) is 0 Å². The maximum absolute atomic E-state index is 13.0. The summed E-state index contributed by atoms with van der Waals surface area (Å²) in [7, 11) is 0. The van der Waals surface area contributed by atoms with E-state index in [1.54, 1.807) is 0 Å². The van der Waals surface area contributed by atoms with Crippen LogP contribution < -0.4 is 4.90 Å². The molecule has 3 fully saturated rings. The number of aryl methyl sites for hydroxylation is 1. The van der Waals surface area contributed by atoms with E-state index in [1.165, 1.54) is 30.4 Å². The third-order valence-electron chi connectivity index (χ3n) is 11.0. The minimum atomic E-state index is -0.0392. The smallest absolute Gasteiger partial charge is 0.306 e. The molecule has 0 amide bonds. The minimum Gasteiger partial charge on any atom is -0.462 e. The van der Waals surface area contributed by atoms with E-state index in [9.17, 15) is 9.59 Å². The maximum Gasteiger partial charge on any atom is 0.306 e. The molecule has 6 atom stereocenters. The molecule has 0 N–H and O–H groups in total. The minimum absolute atomic E-state index is 0.0392. The SMILES string of the molecule is C[C@]12CCC(=O)C=C1CC[C@@H]1[C@@H]2CC[C@]2(C)C(OC(=O)CCCc3ccc(N(CCCl)CCCl)cc3)CC[C@@H]12. The molecule has 1 aromatic carbocycles. The van der Waals surface area contributed by atoms with Gasteiger partial charge in [0.2, 0.25) is 0 Å². The molecule has 4 nitrogen and oxygen atoms in total. The Kier molecular flexibility index (Phi) is 9.03. The number of halogens is 2. The van der Waals surface area contributed by atoms with Gasteiger partial charge in [0.1, 0.15) is 6.10 Å². The molecule has 0 bridgehead atoms. The number of hydrogen-bond acceptors (Lipinski definition) is 4. The van der Waals surface area contributed by atoms with Crippen molar-refractivity contribution < 1.29 is 14.3 Å². The lowest BCUT2D eigenvalue weighted by molar-refractivity contribution is -0.160. The van der Waals surface area contributed by atoms with Crippen molar-refractivity contribution in [3.05, 3.63) is 41.5 Å². The molecule has 1 aromatic rings. The molecular weight excluding hydrogens is 529 g/mol. The van der Waals surface area contributed by atoms with Crippen molar-refractivity contribution in [1.29, 1.82) is 0 Å². The lowest BCUT2D eigenvalue weighted by atomic mass is 9.47. The topological polar surface area (TPSA) is 46.6 Å². The first kappa shape index (κ1) is 29.0. The Balaban J connectivity index is 1.13. The van der Waals surface area contributed by atoms with Gasteiger partial charge in [0.05, 0.1) is 0 Å². The van der Waals surface area contributed by atoms with Gasteiger partial charge in [-0.3, -0.25) is 9.59 Å². The molecule has 0 heterocycles. The molecule has 214 valence electrons. The number of ether oxygens (including phenoxy) is 1. The van der Waals surface area contributed by atoms with Gasteiger partial charge in [0.15, 0.2) is 5.78 Å². The summed E-state index contributed by atoms with van der Waals surface area (Å²) in [6, 6.07) is 8.53. The predicted octanol–water partition coefficient (Wildman–Crippen LogP) is 7.74. The maximum atomic E-state index is 13.0. The second kappa shape index (κ2) is 12.1. The van der Waals surface area contributed by atoms with Gasteiger partial charge >= 0.3 is 5.97 Å². The number of anilines is 1. The molecule has 4 aliphatic carbocycles.